The molecule has 1 amide bonds. The standard InChI is InChI=1S/C16H18N4OS/c1-2-8-19(11-15-18-7-9-22-15)16(21)14-10-12-5-3-4-6-13(12)20(14)17/h3-7,9-10H,2,8,11,17H2,1H3. The number of hydrogen-bond donors (Lipinski definition) is 1. The molecule has 3 aromatic rings. The molecule has 0 atom stereocenters. The second-order valence-electron chi connectivity index (χ2n) is 5.11. The van der Waals surface area contributed by atoms with Crippen LogP contribution >= 0.6 is 11.3 Å². The Balaban J connectivity index is 1.92. The zero-order valence-corrected chi connectivity index (χ0v) is 13.2. The van der Waals surface area contributed by atoms with Crippen molar-refractivity contribution in [3.05, 3.63) is 52.6 Å². The zero-order valence-electron chi connectivity index (χ0n) is 12.4. The van der Waals surface area contributed by atoms with Gasteiger partial charge in [-0.2, -0.15) is 0 Å². The SMILES string of the molecule is CCCN(Cc1nccs1)C(=O)c1cc2ccccc2n1N. The zero-order chi connectivity index (χ0) is 15.5. The Labute approximate surface area is 133 Å². The number of carbonyl (C=O) groups is 1. The van der Waals surface area contributed by atoms with Crippen molar-refractivity contribution in [1.29, 1.82) is 0 Å². The topological polar surface area (TPSA) is 64.2 Å². The summed E-state index contributed by atoms with van der Waals surface area (Å²) in [5.74, 6) is 6.04. The minimum Gasteiger partial charge on any atom is -0.338 e. The van der Waals surface area contributed by atoms with E-state index < -0.39 is 0 Å². The van der Waals surface area contributed by atoms with Crippen LogP contribution < -0.4 is 5.84 Å². The molecular weight excluding hydrogens is 296 g/mol. The van der Waals surface area contributed by atoms with Crippen molar-refractivity contribution in [2.75, 3.05) is 12.4 Å². The van der Waals surface area contributed by atoms with Crippen LogP contribution in [-0.4, -0.2) is 27.0 Å². The first kappa shape index (κ1) is 14.6. The molecule has 2 aromatic heterocycles. The molecule has 0 radical (unpaired) electrons. The highest BCUT2D eigenvalue weighted by Gasteiger charge is 2.21. The second kappa shape index (κ2) is 6.19. The molecule has 114 valence electrons. The summed E-state index contributed by atoms with van der Waals surface area (Å²) in [6, 6.07) is 9.58. The van der Waals surface area contributed by atoms with Gasteiger partial charge < -0.3 is 10.7 Å². The lowest BCUT2D eigenvalue weighted by atomic mass is 10.2. The predicted molar refractivity (Wildman–Crippen MR) is 89.2 cm³/mol. The Morgan fingerprint density at radius 2 is 2.23 bits per heavy atom. The minimum atomic E-state index is -0.0595. The third kappa shape index (κ3) is 2.69. The van der Waals surface area contributed by atoms with Crippen molar-refractivity contribution in [3.63, 3.8) is 0 Å². The van der Waals surface area contributed by atoms with E-state index in [0.717, 1.165) is 22.3 Å². The molecule has 1 aromatic carbocycles. The van der Waals surface area contributed by atoms with Crippen LogP contribution in [0, 0.1) is 0 Å². The van der Waals surface area contributed by atoms with Gasteiger partial charge in [0.05, 0.1) is 12.1 Å². The van der Waals surface area contributed by atoms with Crippen LogP contribution in [-0.2, 0) is 6.54 Å². The molecule has 0 aliphatic heterocycles. The van der Waals surface area contributed by atoms with Gasteiger partial charge in [0.15, 0.2) is 0 Å². The van der Waals surface area contributed by atoms with Gasteiger partial charge in [0, 0.05) is 23.5 Å². The summed E-state index contributed by atoms with van der Waals surface area (Å²) in [7, 11) is 0. The van der Waals surface area contributed by atoms with Gasteiger partial charge in [0.1, 0.15) is 10.7 Å². The third-order valence-corrected chi connectivity index (χ3v) is 4.32. The van der Waals surface area contributed by atoms with Crippen LogP contribution in [0.2, 0.25) is 0 Å². The van der Waals surface area contributed by atoms with Crippen LogP contribution in [0.15, 0.2) is 41.9 Å². The first-order valence-corrected chi connectivity index (χ1v) is 8.12. The number of hydrogen-bond acceptors (Lipinski definition) is 4. The number of nitrogens with two attached hydrogens (primary N) is 1. The Bertz CT molecular complexity index is 779. The molecular formula is C16H18N4OS. The highest BCUT2D eigenvalue weighted by atomic mass is 32.1. The van der Waals surface area contributed by atoms with Crippen molar-refractivity contribution in [3.8, 4) is 0 Å². The molecule has 0 spiro atoms. The fourth-order valence-electron chi connectivity index (χ4n) is 2.52. The van der Waals surface area contributed by atoms with Crippen LogP contribution in [0.4, 0.5) is 0 Å². The molecule has 0 fully saturated rings. The maximum absolute atomic E-state index is 12.9. The molecule has 5 nitrogen and oxygen atoms in total. The molecule has 0 aliphatic rings. The number of nitrogens with zero attached hydrogens (tertiary/aromatic N) is 3. The molecule has 0 unspecified atom stereocenters. The molecule has 0 bridgehead atoms. The smallest absolute Gasteiger partial charge is 0.272 e. The first-order chi connectivity index (χ1) is 10.7. The molecule has 0 saturated carbocycles. The van der Waals surface area contributed by atoms with Gasteiger partial charge in [-0.25, -0.2) is 4.98 Å². The van der Waals surface area contributed by atoms with E-state index in [1.54, 1.807) is 22.4 Å². The quantitative estimate of drug-likeness (QED) is 0.737. The second-order valence-corrected chi connectivity index (χ2v) is 6.09. The van der Waals surface area contributed by atoms with Crippen LogP contribution in [0.25, 0.3) is 10.9 Å². The average molecular weight is 314 g/mol. The van der Waals surface area contributed by atoms with Gasteiger partial charge >= 0.3 is 0 Å². The van der Waals surface area contributed by atoms with Crippen LogP contribution in [0.5, 0.6) is 0 Å². The van der Waals surface area contributed by atoms with E-state index in [-0.39, 0.29) is 5.91 Å². The average Bonchev–Trinajstić information content (AvgIpc) is 3.15. The number of benzene rings is 1. The number of rotatable bonds is 5. The van der Waals surface area contributed by atoms with Crippen LogP contribution in [0.3, 0.4) is 0 Å². The summed E-state index contributed by atoms with van der Waals surface area (Å²) in [5, 5.41) is 3.82. The number of aromatic nitrogens is 2. The summed E-state index contributed by atoms with van der Waals surface area (Å²) in [4.78, 5) is 18.9. The molecule has 3 rings (SSSR count). The fourth-order valence-corrected chi connectivity index (χ4v) is 3.15. The Morgan fingerprint density at radius 3 is 2.91 bits per heavy atom. The third-order valence-electron chi connectivity index (χ3n) is 3.56. The van der Waals surface area contributed by atoms with Crippen molar-refractivity contribution in [1.82, 2.24) is 14.6 Å². The van der Waals surface area contributed by atoms with Crippen LogP contribution in [0.1, 0.15) is 28.8 Å². The van der Waals surface area contributed by atoms with Crippen molar-refractivity contribution >= 4 is 28.1 Å². The largest absolute Gasteiger partial charge is 0.338 e. The van der Waals surface area contributed by atoms with Gasteiger partial charge in [0.2, 0.25) is 0 Å². The van der Waals surface area contributed by atoms with Gasteiger partial charge in [-0.3, -0.25) is 9.47 Å². The van der Waals surface area contributed by atoms with Gasteiger partial charge in [-0.1, -0.05) is 25.1 Å². The summed E-state index contributed by atoms with van der Waals surface area (Å²) >= 11 is 1.56. The van der Waals surface area contributed by atoms with Gasteiger partial charge in [0.25, 0.3) is 5.91 Å². The monoisotopic (exact) mass is 314 g/mol. The van der Waals surface area contributed by atoms with Gasteiger partial charge in [-0.05, 0) is 18.6 Å². The van der Waals surface area contributed by atoms with E-state index in [1.807, 2.05) is 35.7 Å². The van der Waals surface area contributed by atoms with E-state index in [1.165, 1.54) is 4.68 Å². The number of nitrogen functional groups attached to an aromatic ring is 1. The number of carbonyl (C=O) groups excluding carboxylic acids is 1. The minimum absolute atomic E-state index is 0.0595. The molecule has 2 heterocycles. The summed E-state index contributed by atoms with van der Waals surface area (Å²) in [6.07, 6.45) is 2.65. The van der Waals surface area contributed by atoms with E-state index in [9.17, 15) is 4.79 Å². The Hall–Kier alpha value is -2.34. The maximum Gasteiger partial charge on any atom is 0.272 e. The maximum atomic E-state index is 12.9. The molecule has 2 N–H and O–H groups in total. The number of amides is 1. The van der Waals surface area contributed by atoms with Crippen molar-refractivity contribution in [2.24, 2.45) is 0 Å². The summed E-state index contributed by atoms with van der Waals surface area (Å²) in [5.41, 5.74) is 1.36. The lowest BCUT2D eigenvalue weighted by molar-refractivity contribution is 0.0734. The number of fused-ring (bicyclic) bond motifs is 1. The first-order valence-electron chi connectivity index (χ1n) is 7.24. The summed E-state index contributed by atoms with van der Waals surface area (Å²) in [6.45, 7) is 3.26. The number of para-hydroxylation sites is 1. The highest BCUT2D eigenvalue weighted by Crippen LogP contribution is 2.19. The predicted octanol–water partition coefficient (Wildman–Crippen LogP) is 2.86. The summed E-state index contributed by atoms with van der Waals surface area (Å²) < 4.78 is 1.47. The van der Waals surface area contributed by atoms with E-state index in [2.05, 4.69) is 11.9 Å². The molecule has 22 heavy (non-hydrogen) atoms. The molecule has 6 heteroatoms. The molecule has 0 saturated heterocycles. The number of thiazole rings is 1. The van der Waals surface area contributed by atoms with Crippen molar-refractivity contribution < 1.29 is 4.79 Å². The van der Waals surface area contributed by atoms with E-state index >= 15 is 0 Å². The Kier molecular flexibility index (Phi) is 4.11. The highest BCUT2D eigenvalue weighted by molar-refractivity contribution is 7.09. The fraction of sp³-hybridized carbons (Fsp3) is 0.250. The van der Waals surface area contributed by atoms with E-state index in [0.29, 0.717) is 18.8 Å². The van der Waals surface area contributed by atoms with E-state index in [4.69, 9.17) is 5.84 Å². The lowest BCUT2D eigenvalue weighted by Crippen LogP contribution is -2.33. The Morgan fingerprint density at radius 1 is 1.41 bits per heavy atom. The van der Waals surface area contributed by atoms with Crippen molar-refractivity contribution in [2.45, 2.75) is 19.9 Å². The van der Waals surface area contributed by atoms with Gasteiger partial charge in [-0.15, -0.1) is 11.3 Å². The lowest BCUT2D eigenvalue weighted by Gasteiger charge is -2.21. The normalized spacial score (nSPS) is 11.0. The molecule has 0 aliphatic carbocycles.